The third kappa shape index (κ3) is 3.14. The summed E-state index contributed by atoms with van der Waals surface area (Å²) in [7, 11) is -2.85. The lowest BCUT2D eigenvalue weighted by Crippen LogP contribution is -2.42. The van der Waals surface area contributed by atoms with E-state index in [0.29, 0.717) is 12.2 Å². The topological polar surface area (TPSA) is 46.2 Å². The van der Waals surface area contributed by atoms with Crippen molar-refractivity contribution in [3.63, 3.8) is 0 Å². The normalized spacial score (nSPS) is 25.1. The summed E-state index contributed by atoms with van der Waals surface area (Å²) in [4.78, 5) is 2.53. The van der Waals surface area contributed by atoms with Crippen LogP contribution in [0.25, 0.3) is 10.4 Å². The highest BCUT2D eigenvalue weighted by molar-refractivity contribution is 7.91. The molecule has 1 fully saturated rings. The minimum absolute atomic E-state index is 0.253. The summed E-state index contributed by atoms with van der Waals surface area (Å²) in [6.45, 7) is 2.74. The molecule has 2 aromatic rings. The predicted molar refractivity (Wildman–Crippen MR) is 86.1 cm³/mol. The molecule has 1 saturated heterocycles. The molecule has 2 aromatic heterocycles. The fraction of sp³-hybridized carbons (Fsp3) is 0.429. The minimum Gasteiger partial charge on any atom is -0.306 e. The summed E-state index contributed by atoms with van der Waals surface area (Å²) in [6.07, 6.45) is 0.707. The Kier molecular flexibility index (Phi) is 3.75. The molecular formula is C14H17NO2S3. The standard InChI is InChI=1S/C14H17NO2S3/c1-14(4-6-20(16,17)10-14)15-8-12-7-11(9-19-12)13-3-2-5-18-13/h2-3,5,7,9,15H,4,6,8,10H2,1H3. The zero-order chi connectivity index (χ0) is 14.2. The number of rotatable bonds is 4. The van der Waals surface area contributed by atoms with Crippen molar-refractivity contribution in [2.75, 3.05) is 11.5 Å². The van der Waals surface area contributed by atoms with Crippen molar-refractivity contribution >= 4 is 32.5 Å². The van der Waals surface area contributed by atoms with E-state index in [1.165, 1.54) is 15.3 Å². The largest absolute Gasteiger partial charge is 0.306 e. The second-order valence-corrected chi connectivity index (χ2v) is 9.66. The predicted octanol–water partition coefficient (Wildman–Crippen LogP) is 3.14. The second-order valence-electron chi connectivity index (χ2n) is 5.54. The quantitative estimate of drug-likeness (QED) is 0.938. The smallest absolute Gasteiger partial charge is 0.152 e. The third-order valence-corrected chi connectivity index (χ3v) is 7.41. The molecule has 0 amide bonds. The van der Waals surface area contributed by atoms with Gasteiger partial charge in [0.15, 0.2) is 9.84 Å². The van der Waals surface area contributed by atoms with E-state index in [-0.39, 0.29) is 11.3 Å². The van der Waals surface area contributed by atoms with Crippen molar-refractivity contribution in [1.29, 1.82) is 0 Å². The highest BCUT2D eigenvalue weighted by Gasteiger charge is 2.37. The van der Waals surface area contributed by atoms with Crippen molar-refractivity contribution in [3.05, 3.63) is 33.8 Å². The zero-order valence-electron chi connectivity index (χ0n) is 11.3. The molecule has 1 aliphatic rings. The Hall–Kier alpha value is -0.690. The van der Waals surface area contributed by atoms with Crippen molar-refractivity contribution in [3.8, 4) is 10.4 Å². The lowest BCUT2D eigenvalue weighted by atomic mass is 10.0. The van der Waals surface area contributed by atoms with Crippen LogP contribution < -0.4 is 5.32 Å². The van der Waals surface area contributed by atoms with E-state index in [4.69, 9.17) is 0 Å². The van der Waals surface area contributed by atoms with Gasteiger partial charge in [0.05, 0.1) is 11.5 Å². The molecule has 1 unspecified atom stereocenters. The highest BCUT2D eigenvalue weighted by atomic mass is 32.2. The minimum atomic E-state index is -2.85. The first-order valence-electron chi connectivity index (χ1n) is 6.53. The van der Waals surface area contributed by atoms with Crippen molar-refractivity contribution in [1.82, 2.24) is 5.32 Å². The summed E-state index contributed by atoms with van der Waals surface area (Å²) in [6, 6.07) is 6.37. The van der Waals surface area contributed by atoms with E-state index in [9.17, 15) is 8.42 Å². The summed E-state index contributed by atoms with van der Waals surface area (Å²) in [5.74, 6) is 0.560. The number of thiophene rings is 2. The molecule has 3 rings (SSSR count). The summed E-state index contributed by atoms with van der Waals surface area (Å²) < 4.78 is 23.2. The second kappa shape index (κ2) is 5.26. The van der Waals surface area contributed by atoms with E-state index < -0.39 is 9.84 Å². The fourth-order valence-corrected chi connectivity index (χ4v) is 6.23. The molecule has 1 aliphatic heterocycles. The monoisotopic (exact) mass is 327 g/mol. The first-order chi connectivity index (χ1) is 9.46. The van der Waals surface area contributed by atoms with Crippen LogP contribution in [0, 0.1) is 0 Å². The maximum atomic E-state index is 11.6. The number of nitrogens with one attached hydrogen (secondary N) is 1. The van der Waals surface area contributed by atoms with Crippen LogP contribution in [0.1, 0.15) is 18.2 Å². The van der Waals surface area contributed by atoms with Crippen LogP contribution in [0.15, 0.2) is 29.0 Å². The van der Waals surface area contributed by atoms with Gasteiger partial charge in [-0.2, -0.15) is 0 Å². The van der Waals surface area contributed by atoms with Crippen LogP contribution in [0.4, 0.5) is 0 Å². The summed E-state index contributed by atoms with van der Waals surface area (Å²) in [5.41, 5.74) is 0.984. The van der Waals surface area contributed by atoms with Gasteiger partial charge in [-0.1, -0.05) is 6.07 Å². The Balaban J connectivity index is 1.65. The molecule has 0 bridgehead atoms. The maximum absolute atomic E-state index is 11.6. The van der Waals surface area contributed by atoms with Crippen LogP contribution in [0.2, 0.25) is 0 Å². The Bertz CT molecular complexity index is 688. The molecule has 0 spiro atoms. The Morgan fingerprint density at radius 3 is 2.90 bits per heavy atom. The molecule has 1 atom stereocenters. The molecule has 1 N–H and O–H groups in total. The molecule has 6 heteroatoms. The van der Waals surface area contributed by atoms with Gasteiger partial charge < -0.3 is 5.32 Å². The average Bonchev–Trinajstić information content (AvgIpc) is 3.07. The van der Waals surface area contributed by atoms with Gasteiger partial charge in [0.1, 0.15) is 0 Å². The van der Waals surface area contributed by atoms with E-state index in [1.807, 2.05) is 6.92 Å². The maximum Gasteiger partial charge on any atom is 0.152 e. The first-order valence-corrected chi connectivity index (χ1v) is 10.1. The lowest BCUT2D eigenvalue weighted by molar-refractivity contribution is 0.397. The molecule has 0 aromatic carbocycles. The van der Waals surface area contributed by atoms with E-state index in [0.717, 1.165) is 6.54 Å². The average molecular weight is 327 g/mol. The number of hydrogen-bond acceptors (Lipinski definition) is 5. The fourth-order valence-electron chi connectivity index (χ4n) is 2.50. The molecular weight excluding hydrogens is 310 g/mol. The molecule has 0 radical (unpaired) electrons. The van der Waals surface area contributed by atoms with Crippen molar-refractivity contribution in [2.45, 2.75) is 25.4 Å². The van der Waals surface area contributed by atoms with Crippen LogP contribution in [0.5, 0.6) is 0 Å². The molecule has 0 saturated carbocycles. The van der Waals surface area contributed by atoms with Gasteiger partial charge >= 0.3 is 0 Å². The van der Waals surface area contributed by atoms with Crippen LogP contribution >= 0.6 is 22.7 Å². The SMILES string of the molecule is CC1(NCc2cc(-c3cccs3)cs2)CCS(=O)(=O)C1. The van der Waals surface area contributed by atoms with Gasteiger partial charge in [0.2, 0.25) is 0 Å². The zero-order valence-corrected chi connectivity index (χ0v) is 13.7. The molecule has 3 nitrogen and oxygen atoms in total. The first kappa shape index (κ1) is 14.3. The lowest BCUT2D eigenvalue weighted by Gasteiger charge is -2.23. The highest BCUT2D eigenvalue weighted by Crippen LogP contribution is 2.30. The number of sulfone groups is 1. The van der Waals surface area contributed by atoms with E-state index in [2.05, 4.69) is 34.3 Å². The van der Waals surface area contributed by atoms with Gasteiger partial charge in [-0.05, 0) is 36.2 Å². The Labute approximate surface area is 127 Å². The molecule has 3 heterocycles. The Morgan fingerprint density at radius 1 is 1.40 bits per heavy atom. The van der Waals surface area contributed by atoms with Gasteiger partial charge in [-0.15, -0.1) is 22.7 Å². The van der Waals surface area contributed by atoms with Gasteiger partial charge in [-0.25, -0.2) is 8.42 Å². The van der Waals surface area contributed by atoms with Gasteiger partial charge in [0.25, 0.3) is 0 Å². The Morgan fingerprint density at radius 2 is 2.25 bits per heavy atom. The van der Waals surface area contributed by atoms with Crippen LogP contribution in [-0.2, 0) is 16.4 Å². The summed E-state index contributed by atoms with van der Waals surface area (Å²) >= 11 is 3.46. The van der Waals surface area contributed by atoms with Crippen LogP contribution in [0.3, 0.4) is 0 Å². The van der Waals surface area contributed by atoms with Gasteiger partial charge in [-0.3, -0.25) is 0 Å². The molecule has 20 heavy (non-hydrogen) atoms. The van der Waals surface area contributed by atoms with Crippen molar-refractivity contribution < 1.29 is 8.42 Å². The van der Waals surface area contributed by atoms with E-state index >= 15 is 0 Å². The molecule has 108 valence electrons. The van der Waals surface area contributed by atoms with Gasteiger partial charge in [0, 0.05) is 27.4 Å². The summed E-state index contributed by atoms with van der Waals surface area (Å²) in [5, 5.41) is 7.67. The van der Waals surface area contributed by atoms with Crippen LogP contribution in [-0.4, -0.2) is 25.5 Å². The van der Waals surface area contributed by atoms with E-state index in [1.54, 1.807) is 22.7 Å². The molecule has 0 aliphatic carbocycles. The third-order valence-electron chi connectivity index (χ3n) is 3.65. The number of hydrogen-bond donors (Lipinski definition) is 1. The van der Waals surface area contributed by atoms with Crippen molar-refractivity contribution in [2.24, 2.45) is 0 Å².